The molecular formula is C18H16O4. The summed E-state index contributed by atoms with van der Waals surface area (Å²) in [5.41, 5.74) is 2.50. The molecule has 0 N–H and O–H groups in total. The van der Waals surface area contributed by atoms with Crippen LogP contribution in [-0.2, 0) is 16.0 Å². The maximum absolute atomic E-state index is 11.5. The van der Waals surface area contributed by atoms with Crippen LogP contribution in [0.4, 0.5) is 0 Å². The average Bonchev–Trinajstić information content (AvgIpc) is 3.00. The van der Waals surface area contributed by atoms with Crippen LogP contribution in [0, 0.1) is 0 Å². The average molecular weight is 296 g/mol. The van der Waals surface area contributed by atoms with E-state index in [4.69, 9.17) is 13.9 Å². The van der Waals surface area contributed by atoms with Crippen LogP contribution in [0.15, 0.2) is 52.9 Å². The molecule has 0 amide bonds. The van der Waals surface area contributed by atoms with Gasteiger partial charge in [-0.05, 0) is 30.3 Å². The smallest absolute Gasteiger partial charge is 0.310 e. The number of furan rings is 1. The Morgan fingerprint density at radius 2 is 1.86 bits per heavy atom. The Morgan fingerprint density at radius 3 is 2.55 bits per heavy atom. The summed E-state index contributed by atoms with van der Waals surface area (Å²) in [5.74, 6) is 1.27. The summed E-state index contributed by atoms with van der Waals surface area (Å²) in [6, 6.07) is 15.4. The van der Waals surface area contributed by atoms with Crippen molar-refractivity contribution in [2.45, 2.75) is 6.42 Å². The van der Waals surface area contributed by atoms with Gasteiger partial charge in [0.15, 0.2) is 0 Å². The number of hydrogen-bond donors (Lipinski definition) is 0. The number of rotatable bonds is 4. The Balaban J connectivity index is 2.01. The number of fused-ring (bicyclic) bond motifs is 1. The summed E-state index contributed by atoms with van der Waals surface area (Å²) < 4.78 is 15.8. The van der Waals surface area contributed by atoms with Crippen molar-refractivity contribution in [2.75, 3.05) is 14.2 Å². The number of ether oxygens (including phenoxy) is 2. The van der Waals surface area contributed by atoms with Gasteiger partial charge in [0.1, 0.15) is 17.1 Å². The summed E-state index contributed by atoms with van der Waals surface area (Å²) in [7, 11) is 3.02. The number of esters is 1. The van der Waals surface area contributed by atoms with Gasteiger partial charge >= 0.3 is 5.97 Å². The summed E-state index contributed by atoms with van der Waals surface area (Å²) in [5, 5.41) is 0.965. The van der Waals surface area contributed by atoms with E-state index in [0.717, 1.165) is 33.6 Å². The van der Waals surface area contributed by atoms with Crippen molar-refractivity contribution in [3.63, 3.8) is 0 Å². The maximum Gasteiger partial charge on any atom is 0.310 e. The molecule has 4 heteroatoms. The lowest BCUT2D eigenvalue weighted by molar-refractivity contribution is -0.139. The van der Waals surface area contributed by atoms with E-state index in [1.54, 1.807) is 7.11 Å². The van der Waals surface area contributed by atoms with Crippen LogP contribution in [0.5, 0.6) is 5.75 Å². The first kappa shape index (κ1) is 14.2. The van der Waals surface area contributed by atoms with Gasteiger partial charge in [-0.3, -0.25) is 4.79 Å². The van der Waals surface area contributed by atoms with Crippen molar-refractivity contribution in [1.29, 1.82) is 0 Å². The molecule has 0 unspecified atom stereocenters. The van der Waals surface area contributed by atoms with Gasteiger partial charge in [0.25, 0.3) is 0 Å². The largest absolute Gasteiger partial charge is 0.497 e. The second-order valence-electron chi connectivity index (χ2n) is 4.93. The van der Waals surface area contributed by atoms with E-state index < -0.39 is 0 Å². The van der Waals surface area contributed by atoms with Gasteiger partial charge in [-0.1, -0.05) is 18.2 Å². The minimum Gasteiger partial charge on any atom is -0.497 e. The van der Waals surface area contributed by atoms with Gasteiger partial charge < -0.3 is 13.9 Å². The van der Waals surface area contributed by atoms with Crippen LogP contribution in [-0.4, -0.2) is 20.2 Å². The third kappa shape index (κ3) is 2.68. The van der Waals surface area contributed by atoms with E-state index >= 15 is 0 Å². The van der Waals surface area contributed by atoms with Crippen LogP contribution < -0.4 is 4.74 Å². The van der Waals surface area contributed by atoms with E-state index in [1.165, 1.54) is 7.11 Å². The molecule has 2 aromatic carbocycles. The second-order valence-corrected chi connectivity index (χ2v) is 4.93. The zero-order valence-electron chi connectivity index (χ0n) is 12.5. The number of carbonyl (C=O) groups is 1. The Hall–Kier alpha value is -2.75. The minimum absolute atomic E-state index is 0.198. The fourth-order valence-electron chi connectivity index (χ4n) is 2.39. The summed E-state index contributed by atoms with van der Waals surface area (Å²) in [4.78, 5) is 11.5. The van der Waals surface area contributed by atoms with Gasteiger partial charge in [0.2, 0.25) is 0 Å². The highest BCUT2D eigenvalue weighted by Crippen LogP contribution is 2.31. The van der Waals surface area contributed by atoms with E-state index in [-0.39, 0.29) is 12.4 Å². The highest BCUT2D eigenvalue weighted by molar-refractivity contribution is 5.88. The van der Waals surface area contributed by atoms with E-state index in [1.807, 2.05) is 48.5 Å². The van der Waals surface area contributed by atoms with Gasteiger partial charge in [-0.25, -0.2) is 0 Å². The molecule has 0 aliphatic heterocycles. The van der Waals surface area contributed by atoms with Crippen molar-refractivity contribution in [3.8, 4) is 17.1 Å². The molecular weight excluding hydrogens is 280 g/mol. The molecule has 112 valence electrons. The molecule has 0 saturated carbocycles. The Kier molecular flexibility index (Phi) is 3.83. The van der Waals surface area contributed by atoms with Crippen LogP contribution in [0.1, 0.15) is 5.56 Å². The molecule has 0 radical (unpaired) electrons. The first-order chi connectivity index (χ1) is 10.7. The molecule has 0 aliphatic rings. The lowest BCUT2D eigenvalue weighted by Crippen LogP contribution is -2.04. The molecule has 0 saturated heterocycles. The summed E-state index contributed by atoms with van der Waals surface area (Å²) in [6.07, 6.45) is 0.198. The monoisotopic (exact) mass is 296 g/mol. The molecule has 3 aromatic rings. The fraction of sp³-hybridized carbons (Fsp3) is 0.167. The fourth-order valence-corrected chi connectivity index (χ4v) is 2.39. The van der Waals surface area contributed by atoms with Gasteiger partial charge in [0, 0.05) is 16.5 Å². The van der Waals surface area contributed by atoms with Crippen molar-refractivity contribution in [2.24, 2.45) is 0 Å². The van der Waals surface area contributed by atoms with Crippen molar-refractivity contribution in [3.05, 3.63) is 54.1 Å². The van der Waals surface area contributed by atoms with Crippen LogP contribution >= 0.6 is 0 Å². The third-order valence-corrected chi connectivity index (χ3v) is 3.56. The van der Waals surface area contributed by atoms with Crippen LogP contribution in [0.3, 0.4) is 0 Å². The highest BCUT2D eigenvalue weighted by atomic mass is 16.5. The molecule has 0 fully saturated rings. The molecule has 0 aliphatic carbocycles. The van der Waals surface area contributed by atoms with Crippen molar-refractivity contribution in [1.82, 2.24) is 0 Å². The lowest BCUT2D eigenvalue weighted by atomic mass is 10.1. The zero-order chi connectivity index (χ0) is 15.5. The van der Waals surface area contributed by atoms with E-state index in [2.05, 4.69) is 0 Å². The predicted octanol–water partition coefficient (Wildman–Crippen LogP) is 3.82. The second kappa shape index (κ2) is 5.93. The van der Waals surface area contributed by atoms with Gasteiger partial charge in [0.05, 0.1) is 20.6 Å². The summed E-state index contributed by atoms with van der Waals surface area (Å²) in [6.45, 7) is 0. The predicted molar refractivity (Wildman–Crippen MR) is 83.9 cm³/mol. The molecule has 3 rings (SSSR count). The summed E-state index contributed by atoms with van der Waals surface area (Å²) >= 11 is 0. The Bertz CT molecular complexity index is 800. The highest BCUT2D eigenvalue weighted by Gasteiger charge is 2.12. The van der Waals surface area contributed by atoms with Crippen molar-refractivity contribution < 1.29 is 18.7 Å². The van der Waals surface area contributed by atoms with E-state index in [0.29, 0.717) is 0 Å². The van der Waals surface area contributed by atoms with Gasteiger partial charge in [-0.2, -0.15) is 0 Å². The van der Waals surface area contributed by atoms with Crippen molar-refractivity contribution >= 4 is 16.9 Å². The number of para-hydroxylation sites is 1. The zero-order valence-corrected chi connectivity index (χ0v) is 12.5. The normalized spacial score (nSPS) is 10.6. The van der Waals surface area contributed by atoms with Gasteiger partial charge in [-0.15, -0.1) is 0 Å². The Morgan fingerprint density at radius 1 is 1.09 bits per heavy atom. The molecule has 22 heavy (non-hydrogen) atoms. The first-order valence-electron chi connectivity index (χ1n) is 6.94. The third-order valence-electron chi connectivity index (χ3n) is 3.56. The van der Waals surface area contributed by atoms with E-state index in [9.17, 15) is 4.79 Å². The quantitative estimate of drug-likeness (QED) is 0.687. The number of carbonyl (C=O) groups excluding carboxylic acids is 1. The lowest BCUT2D eigenvalue weighted by Gasteiger charge is -2.01. The van der Waals surface area contributed by atoms with Crippen LogP contribution in [0.25, 0.3) is 22.3 Å². The molecule has 1 aromatic heterocycles. The minimum atomic E-state index is -0.283. The van der Waals surface area contributed by atoms with Crippen LogP contribution in [0.2, 0.25) is 0 Å². The SMILES string of the molecule is COC(=O)Cc1cccc2cc(-c3ccc(OC)cc3)oc12. The molecule has 0 atom stereocenters. The number of hydrogen-bond acceptors (Lipinski definition) is 4. The standard InChI is InChI=1S/C18H16O4/c1-20-15-8-6-12(7-9-15)16-10-13-4-3-5-14(18(13)22-16)11-17(19)21-2/h3-10H,11H2,1-2H3. The maximum atomic E-state index is 11.5. The molecule has 0 spiro atoms. The molecule has 0 bridgehead atoms. The topological polar surface area (TPSA) is 48.7 Å². The molecule has 1 heterocycles. The number of methoxy groups -OCH3 is 2. The number of benzene rings is 2. The molecule has 4 nitrogen and oxygen atoms in total. The Labute approximate surface area is 128 Å². The first-order valence-corrected chi connectivity index (χ1v) is 6.94.